The maximum atomic E-state index is 12.2. The number of halogens is 1. The van der Waals surface area contributed by atoms with E-state index >= 15 is 0 Å². The molecule has 0 radical (unpaired) electrons. The summed E-state index contributed by atoms with van der Waals surface area (Å²) in [5.41, 5.74) is 0.594. The van der Waals surface area contributed by atoms with E-state index in [2.05, 4.69) is 27.1 Å². The molecule has 0 N–H and O–H groups in total. The third-order valence-electron chi connectivity index (χ3n) is 2.53. The van der Waals surface area contributed by atoms with Crippen molar-refractivity contribution in [1.29, 1.82) is 5.26 Å². The summed E-state index contributed by atoms with van der Waals surface area (Å²) in [6.07, 6.45) is -0.404. The number of rotatable bonds is 1. The molecule has 1 heterocycles. The van der Waals surface area contributed by atoms with Crippen molar-refractivity contribution in [2.24, 2.45) is 0 Å². The number of nitrogens with zero attached hydrogens (tertiary/aromatic N) is 3. The van der Waals surface area contributed by atoms with E-state index in [0.717, 1.165) is 9.86 Å². The van der Waals surface area contributed by atoms with E-state index in [4.69, 9.17) is 10.00 Å². The van der Waals surface area contributed by atoms with Crippen molar-refractivity contribution >= 4 is 32.9 Å². The van der Waals surface area contributed by atoms with E-state index in [1.54, 1.807) is 26.8 Å². The summed E-state index contributed by atoms with van der Waals surface area (Å²) < 4.78 is 7.36. The molecule has 0 aliphatic heterocycles. The van der Waals surface area contributed by atoms with Gasteiger partial charge >= 0.3 is 6.09 Å². The van der Waals surface area contributed by atoms with Crippen LogP contribution in [-0.2, 0) is 11.2 Å². The Morgan fingerprint density at radius 1 is 1.50 bits per heavy atom. The van der Waals surface area contributed by atoms with Crippen LogP contribution in [-0.4, -0.2) is 21.5 Å². The Kier molecular flexibility index (Phi) is 3.82. The summed E-state index contributed by atoms with van der Waals surface area (Å²) in [4.78, 5) is 12.2. The molecule has 104 valence electrons. The minimum Gasteiger partial charge on any atom is -0.442 e. The number of aromatic nitrogens is 2. The molecule has 0 atom stereocenters. The van der Waals surface area contributed by atoms with E-state index in [1.807, 2.05) is 12.1 Å². The molecule has 0 unspecified atom stereocenters. The number of fused-ring (bicyclic) bond motifs is 1. The predicted molar refractivity (Wildman–Crippen MR) is 78.4 cm³/mol. The Bertz CT molecular complexity index is 708. The number of benzene rings is 1. The second-order valence-electron chi connectivity index (χ2n) is 5.34. The van der Waals surface area contributed by atoms with Crippen LogP contribution in [0.5, 0.6) is 0 Å². The fraction of sp³-hybridized carbons (Fsp3) is 0.357. The third kappa shape index (κ3) is 2.99. The first-order valence-corrected chi connectivity index (χ1v) is 6.88. The molecule has 0 bridgehead atoms. The van der Waals surface area contributed by atoms with Gasteiger partial charge in [0.25, 0.3) is 0 Å². The molecule has 20 heavy (non-hydrogen) atoms. The number of carbonyl (C=O) groups excluding carboxylic acids is 1. The number of ether oxygens (including phenoxy) is 1. The molecule has 0 aliphatic carbocycles. The smallest absolute Gasteiger partial charge is 0.435 e. The van der Waals surface area contributed by atoms with E-state index in [-0.39, 0.29) is 6.42 Å². The second kappa shape index (κ2) is 5.25. The zero-order chi connectivity index (χ0) is 14.9. The van der Waals surface area contributed by atoms with Gasteiger partial charge in [0.05, 0.1) is 23.7 Å². The number of nitriles is 1. The van der Waals surface area contributed by atoms with Gasteiger partial charge in [-0.1, -0.05) is 15.9 Å². The van der Waals surface area contributed by atoms with Gasteiger partial charge < -0.3 is 4.74 Å². The molecule has 0 fully saturated rings. The van der Waals surface area contributed by atoms with Crippen LogP contribution in [0.2, 0.25) is 0 Å². The third-order valence-corrected chi connectivity index (χ3v) is 3.03. The van der Waals surface area contributed by atoms with Crippen molar-refractivity contribution in [2.75, 3.05) is 0 Å². The van der Waals surface area contributed by atoms with Crippen molar-refractivity contribution in [3.63, 3.8) is 0 Å². The topological polar surface area (TPSA) is 67.9 Å². The molecular formula is C14H14BrN3O2. The standard InChI is InChI=1S/C14H14BrN3O2/c1-14(2,3)20-13(19)18-12-8-9(15)4-5-10(12)11(17-18)6-7-16/h4-5,8H,6H2,1-3H3. The highest BCUT2D eigenvalue weighted by Gasteiger charge is 2.22. The minimum absolute atomic E-state index is 0.147. The van der Waals surface area contributed by atoms with Crippen LogP contribution < -0.4 is 0 Å². The summed E-state index contributed by atoms with van der Waals surface area (Å²) in [6, 6.07) is 7.52. The second-order valence-corrected chi connectivity index (χ2v) is 6.25. The molecule has 1 aromatic carbocycles. The molecule has 5 nitrogen and oxygen atoms in total. The monoisotopic (exact) mass is 335 g/mol. The fourth-order valence-electron chi connectivity index (χ4n) is 1.80. The van der Waals surface area contributed by atoms with Gasteiger partial charge in [0.2, 0.25) is 0 Å². The molecular weight excluding hydrogens is 322 g/mol. The first kappa shape index (κ1) is 14.5. The zero-order valence-electron chi connectivity index (χ0n) is 11.5. The van der Waals surface area contributed by atoms with Crippen LogP contribution in [0.15, 0.2) is 22.7 Å². The minimum atomic E-state index is -0.600. The summed E-state index contributed by atoms with van der Waals surface area (Å²) in [6.45, 7) is 5.38. The van der Waals surface area contributed by atoms with E-state index in [1.165, 1.54) is 4.68 Å². The molecule has 2 aromatic rings. The lowest BCUT2D eigenvalue weighted by molar-refractivity contribution is 0.0522. The predicted octanol–water partition coefficient (Wildman–Crippen LogP) is 3.65. The number of hydrogen-bond acceptors (Lipinski definition) is 4. The number of carbonyl (C=O) groups is 1. The van der Waals surface area contributed by atoms with Crippen molar-refractivity contribution in [1.82, 2.24) is 9.78 Å². The van der Waals surface area contributed by atoms with Gasteiger partial charge in [0, 0.05) is 9.86 Å². The average Bonchev–Trinajstić information content (AvgIpc) is 2.66. The molecule has 0 saturated heterocycles. The van der Waals surface area contributed by atoms with E-state index in [9.17, 15) is 4.79 Å². The van der Waals surface area contributed by atoms with Crippen LogP contribution in [0.4, 0.5) is 4.79 Å². The van der Waals surface area contributed by atoms with Gasteiger partial charge in [-0.05, 0) is 39.0 Å². The fourth-order valence-corrected chi connectivity index (χ4v) is 2.15. The van der Waals surface area contributed by atoms with Gasteiger partial charge in [0.15, 0.2) is 0 Å². The highest BCUT2D eigenvalue weighted by atomic mass is 79.9. The summed E-state index contributed by atoms with van der Waals surface area (Å²) in [5, 5.41) is 13.8. The highest BCUT2D eigenvalue weighted by molar-refractivity contribution is 9.10. The van der Waals surface area contributed by atoms with Gasteiger partial charge in [-0.2, -0.15) is 15.0 Å². The van der Waals surface area contributed by atoms with Gasteiger partial charge in [-0.15, -0.1) is 0 Å². The van der Waals surface area contributed by atoms with Crippen LogP contribution >= 0.6 is 15.9 Å². The Hall–Kier alpha value is -1.87. The highest BCUT2D eigenvalue weighted by Crippen LogP contribution is 2.24. The van der Waals surface area contributed by atoms with Gasteiger partial charge in [-0.25, -0.2) is 4.79 Å². The average molecular weight is 336 g/mol. The molecule has 0 saturated carbocycles. The van der Waals surface area contributed by atoms with Crippen molar-refractivity contribution in [3.05, 3.63) is 28.4 Å². The number of hydrogen-bond donors (Lipinski definition) is 0. The van der Waals surface area contributed by atoms with Crippen molar-refractivity contribution in [2.45, 2.75) is 32.8 Å². The van der Waals surface area contributed by atoms with Crippen LogP contribution in [0.1, 0.15) is 26.5 Å². The maximum Gasteiger partial charge on any atom is 0.435 e. The molecule has 2 rings (SSSR count). The lowest BCUT2D eigenvalue weighted by Gasteiger charge is -2.19. The lowest BCUT2D eigenvalue weighted by Crippen LogP contribution is -2.27. The Morgan fingerprint density at radius 3 is 2.80 bits per heavy atom. The summed E-state index contributed by atoms with van der Waals surface area (Å²) in [5.74, 6) is 0. The van der Waals surface area contributed by atoms with Crippen molar-refractivity contribution < 1.29 is 9.53 Å². The Balaban J connectivity index is 2.55. The van der Waals surface area contributed by atoms with Gasteiger partial charge in [-0.3, -0.25) is 0 Å². The van der Waals surface area contributed by atoms with Crippen LogP contribution in [0.3, 0.4) is 0 Å². The largest absolute Gasteiger partial charge is 0.442 e. The molecule has 0 amide bonds. The SMILES string of the molecule is CC(C)(C)OC(=O)n1nc(CC#N)c2ccc(Br)cc21. The van der Waals surface area contributed by atoms with Gasteiger partial charge in [0.1, 0.15) is 5.60 Å². The molecule has 1 aromatic heterocycles. The molecule has 0 aliphatic rings. The van der Waals surface area contributed by atoms with E-state index < -0.39 is 11.7 Å². The summed E-state index contributed by atoms with van der Waals surface area (Å²) >= 11 is 3.37. The Morgan fingerprint density at radius 2 is 2.20 bits per heavy atom. The normalized spacial score (nSPS) is 11.3. The lowest BCUT2D eigenvalue weighted by atomic mass is 10.2. The quantitative estimate of drug-likeness (QED) is 0.797. The Labute approximate surface area is 125 Å². The van der Waals surface area contributed by atoms with Crippen molar-refractivity contribution in [3.8, 4) is 6.07 Å². The van der Waals surface area contributed by atoms with E-state index in [0.29, 0.717) is 11.2 Å². The first-order chi connectivity index (χ1) is 9.31. The van der Waals surface area contributed by atoms with Crippen LogP contribution in [0, 0.1) is 11.3 Å². The zero-order valence-corrected chi connectivity index (χ0v) is 13.1. The molecule has 6 heteroatoms. The first-order valence-electron chi connectivity index (χ1n) is 6.09. The maximum absolute atomic E-state index is 12.2. The summed E-state index contributed by atoms with van der Waals surface area (Å²) in [7, 11) is 0. The van der Waals surface area contributed by atoms with Crippen LogP contribution in [0.25, 0.3) is 10.9 Å². The molecule has 0 spiro atoms.